The molecule has 86 valence electrons. The van der Waals surface area contributed by atoms with Crippen molar-refractivity contribution in [3.05, 3.63) is 59.1 Å². The van der Waals surface area contributed by atoms with Gasteiger partial charge in [-0.2, -0.15) is 0 Å². The van der Waals surface area contributed by atoms with E-state index in [-0.39, 0.29) is 5.78 Å². The molecule has 0 saturated heterocycles. The van der Waals surface area contributed by atoms with E-state index in [1.54, 1.807) is 13.0 Å². The van der Waals surface area contributed by atoms with Crippen LogP contribution in [0.3, 0.4) is 0 Å². The molecule has 0 fully saturated rings. The van der Waals surface area contributed by atoms with Crippen LogP contribution in [-0.4, -0.2) is 5.78 Å². The quantitative estimate of drug-likeness (QED) is 0.818. The second-order valence-electron chi connectivity index (χ2n) is 3.74. The fourth-order valence-electron chi connectivity index (χ4n) is 1.62. The van der Waals surface area contributed by atoms with Gasteiger partial charge in [-0.3, -0.25) is 4.79 Å². The van der Waals surface area contributed by atoms with Crippen LogP contribution < -0.4 is 5.32 Å². The van der Waals surface area contributed by atoms with Crippen LogP contribution in [0, 0.1) is 0 Å². The summed E-state index contributed by atoms with van der Waals surface area (Å²) in [5, 5.41) is 3.85. The number of Topliss-reactive ketones (excluding diaryl/α,β-unsaturated/α-hetero) is 1. The first kappa shape index (κ1) is 11.7. The number of halogens is 1. The van der Waals surface area contributed by atoms with Crippen LogP contribution in [0.2, 0.25) is 5.02 Å². The van der Waals surface area contributed by atoms with Gasteiger partial charge in [0.05, 0.1) is 0 Å². The summed E-state index contributed by atoms with van der Waals surface area (Å²) in [6.45, 7) is 1.55. The lowest BCUT2D eigenvalue weighted by molar-refractivity contribution is 0.101. The maximum Gasteiger partial charge on any atom is 0.161 e. The number of rotatable bonds is 3. The Morgan fingerprint density at radius 2 is 1.88 bits per heavy atom. The molecule has 0 atom stereocenters. The van der Waals surface area contributed by atoms with Gasteiger partial charge in [-0.25, -0.2) is 0 Å². The van der Waals surface area contributed by atoms with Crippen molar-refractivity contribution in [2.75, 3.05) is 5.32 Å². The maximum atomic E-state index is 11.5. The van der Waals surface area contributed by atoms with E-state index in [9.17, 15) is 4.79 Å². The Morgan fingerprint density at radius 1 is 1.12 bits per heavy atom. The van der Waals surface area contributed by atoms with Crippen LogP contribution in [-0.2, 0) is 0 Å². The molecule has 0 saturated carbocycles. The summed E-state index contributed by atoms with van der Waals surface area (Å²) in [6.07, 6.45) is 0. The van der Waals surface area contributed by atoms with Crippen molar-refractivity contribution in [1.29, 1.82) is 0 Å². The highest BCUT2D eigenvalue weighted by Crippen LogP contribution is 2.23. The fourth-order valence-corrected chi connectivity index (χ4v) is 1.81. The van der Waals surface area contributed by atoms with Gasteiger partial charge in [0, 0.05) is 22.0 Å². The molecule has 0 unspecified atom stereocenters. The van der Waals surface area contributed by atoms with Gasteiger partial charge in [-0.15, -0.1) is 0 Å². The monoisotopic (exact) mass is 245 g/mol. The van der Waals surface area contributed by atoms with Crippen LogP contribution >= 0.6 is 11.6 Å². The van der Waals surface area contributed by atoms with Crippen molar-refractivity contribution < 1.29 is 4.79 Å². The van der Waals surface area contributed by atoms with Gasteiger partial charge in [-0.1, -0.05) is 29.8 Å². The smallest absolute Gasteiger partial charge is 0.161 e. The van der Waals surface area contributed by atoms with Gasteiger partial charge in [0.1, 0.15) is 0 Å². The molecule has 0 radical (unpaired) electrons. The number of ketones is 1. The highest BCUT2D eigenvalue weighted by Gasteiger charge is 2.06. The van der Waals surface area contributed by atoms with Crippen LogP contribution in [0.15, 0.2) is 48.5 Å². The average molecular weight is 246 g/mol. The molecule has 0 aliphatic heterocycles. The Hall–Kier alpha value is -1.80. The summed E-state index contributed by atoms with van der Waals surface area (Å²) in [4.78, 5) is 11.5. The van der Waals surface area contributed by atoms with Gasteiger partial charge in [0.15, 0.2) is 5.78 Å². The third-order valence-corrected chi connectivity index (χ3v) is 2.65. The van der Waals surface area contributed by atoms with Gasteiger partial charge in [-0.05, 0) is 37.3 Å². The van der Waals surface area contributed by atoms with Crippen molar-refractivity contribution in [3.8, 4) is 0 Å². The summed E-state index contributed by atoms with van der Waals surface area (Å²) < 4.78 is 0. The van der Waals surface area contributed by atoms with E-state index in [0.717, 1.165) is 11.4 Å². The topological polar surface area (TPSA) is 29.1 Å². The molecule has 17 heavy (non-hydrogen) atoms. The number of hydrogen-bond donors (Lipinski definition) is 1. The predicted octanol–water partition coefficient (Wildman–Crippen LogP) is 4.29. The molecule has 1 N–H and O–H groups in total. The number of nitrogens with one attached hydrogen (secondary N) is 1. The first-order chi connectivity index (χ1) is 8.16. The molecular formula is C14H12ClNO. The summed E-state index contributed by atoms with van der Waals surface area (Å²) in [7, 11) is 0. The third kappa shape index (κ3) is 2.86. The van der Waals surface area contributed by atoms with Crippen molar-refractivity contribution in [1.82, 2.24) is 0 Å². The van der Waals surface area contributed by atoms with Crippen molar-refractivity contribution in [2.24, 2.45) is 0 Å². The second kappa shape index (κ2) is 5.02. The first-order valence-corrected chi connectivity index (χ1v) is 5.67. The predicted molar refractivity (Wildman–Crippen MR) is 71.2 cm³/mol. The van der Waals surface area contributed by atoms with Crippen molar-refractivity contribution in [3.63, 3.8) is 0 Å². The number of para-hydroxylation sites is 1. The summed E-state index contributed by atoms with van der Waals surface area (Å²) in [6, 6.07) is 14.8. The zero-order valence-electron chi connectivity index (χ0n) is 9.41. The Balaban J connectivity index is 2.33. The van der Waals surface area contributed by atoms with Crippen molar-refractivity contribution >= 4 is 28.8 Å². The molecular weight excluding hydrogens is 234 g/mol. The van der Waals surface area contributed by atoms with E-state index < -0.39 is 0 Å². The second-order valence-corrected chi connectivity index (χ2v) is 4.17. The van der Waals surface area contributed by atoms with E-state index in [4.69, 9.17) is 11.6 Å². The Morgan fingerprint density at radius 3 is 2.59 bits per heavy atom. The van der Waals surface area contributed by atoms with Crippen LogP contribution in [0.4, 0.5) is 11.4 Å². The van der Waals surface area contributed by atoms with E-state index in [0.29, 0.717) is 10.6 Å². The molecule has 0 aliphatic carbocycles. The molecule has 0 aromatic heterocycles. The average Bonchev–Trinajstić information content (AvgIpc) is 2.29. The Bertz CT molecular complexity index is 551. The molecule has 0 heterocycles. The maximum absolute atomic E-state index is 11.5. The van der Waals surface area contributed by atoms with E-state index in [2.05, 4.69) is 5.32 Å². The Labute approximate surface area is 105 Å². The fraction of sp³-hybridized carbons (Fsp3) is 0.0714. The minimum absolute atomic E-state index is 0.0372. The summed E-state index contributed by atoms with van der Waals surface area (Å²) in [5.41, 5.74) is 2.33. The lowest BCUT2D eigenvalue weighted by Gasteiger charge is -2.10. The van der Waals surface area contributed by atoms with E-state index >= 15 is 0 Å². The number of anilines is 2. The summed E-state index contributed by atoms with van der Waals surface area (Å²) in [5.74, 6) is 0.0372. The number of carbonyl (C=O) groups excluding carboxylic acids is 1. The van der Waals surface area contributed by atoms with Gasteiger partial charge < -0.3 is 5.32 Å². The lowest BCUT2D eigenvalue weighted by Crippen LogP contribution is -1.99. The zero-order chi connectivity index (χ0) is 12.3. The van der Waals surface area contributed by atoms with Crippen molar-refractivity contribution in [2.45, 2.75) is 6.92 Å². The Kier molecular flexibility index (Phi) is 3.45. The first-order valence-electron chi connectivity index (χ1n) is 5.29. The minimum atomic E-state index is 0.0372. The highest BCUT2D eigenvalue weighted by atomic mass is 35.5. The number of hydrogen-bond acceptors (Lipinski definition) is 2. The molecule has 2 rings (SSSR count). The molecule has 0 bridgehead atoms. The van der Waals surface area contributed by atoms with Gasteiger partial charge >= 0.3 is 0 Å². The number of carbonyl (C=O) groups is 1. The normalized spacial score (nSPS) is 10.0. The molecule has 0 amide bonds. The molecule has 3 heteroatoms. The van der Waals surface area contributed by atoms with Crippen LogP contribution in [0.1, 0.15) is 17.3 Å². The molecule has 2 aromatic rings. The summed E-state index contributed by atoms with van der Waals surface area (Å²) >= 11 is 5.91. The van der Waals surface area contributed by atoms with Gasteiger partial charge in [0.2, 0.25) is 0 Å². The molecule has 2 nitrogen and oxygen atoms in total. The van der Waals surface area contributed by atoms with E-state index in [1.165, 1.54) is 0 Å². The number of benzene rings is 2. The standard InChI is InChI=1S/C14H12ClNO/c1-10(17)13-7-2-3-8-14(13)16-12-6-4-5-11(15)9-12/h2-9,16H,1H3. The largest absolute Gasteiger partial charge is 0.355 e. The van der Waals surface area contributed by atoms with Crippen LogP contribution in [0.25, 0.3) is 0 Å². The zero-order valence-corrected chi connectivity index (χ0v) is 10.2. The molecule has 0 aliphatic rings. The highest BCUT2D eigenvalue weighted by molar-refractivity contribution is 6.30. The molecule has 0 spiro atoms. The minimum Gasteiger partial charge on any atom is -0.355 e. The SMILES string of the molecule is CC(=O)c1ccccc1Nc1cccc(Cl)c1. The van der Waals surface area contributed by atoms with Crippen LogP contribution in [0.5, 0.6) is 0 Å². The van der Waals surface area contributed by atoms with E-state index in [1.807, 2.05) is 42.5 Å². The third-order valence-electron chi connectivity index (χ3n) is 2.41. The lowest BCUT2D eigenvalue weighted by atomic mass is 10.1. The van der Waals surface area contributed by atoms with Gasteiger partial charge in [0.25, 0.3) is 0 Å². The molecule has 2 aromatic carbocycles.